The van der Waals surface area contributed by atoms with Gasteiger partial charge in [-0.25, -0.2) is 13.6 Å². The predicted molar refractivity (Wildman–Crippen MR) is 86.8 cm³/mol. The quantitative estimate of drug-likeness (QED) is 0.818. The van der Waals surface area contributed by atoms with Crippen molar-refractivity contribution in [1.82, 2.24) is 0 Å². The van der Waals surface area contributed by atoms with Crippen LogP contribution >= 0.6 is 11.8 Å². The summed E-state index contributed by atoms with van der Waals surface area (Å²) < 4.78 is 28.4. The van der Waals surface area contributed by atoms with Crippen LogP contribution in [0.25, 0.3) is 0 Å². The van der Waals surface area contributed by atoms with Gasteiger partial charge < -0.3 is 9.84 Å². The van der Waals surface area contributed by atoms with E-state index in [2.05, 4.69) is 0 Å². The summed E-state index contributed by atoms with van der Waals surface area (Å²) in [6.07, 6.45) is 2.00. The van der Waals surface area contributed by atoms with Crippen LogP contribution < -0.4 is 9.88 Å². The van der Waals surface area contributed by atoms with Gasteiger partial charge in [-0.05, 0) is 55.1 Å². The van der Waals surface area contributed by atoms with Gasteiger partial charge in [0.05, 0.1) is 11.5 Å². The van der Waals surface area contributed by atoms with E-state index in [4.69, 9.17) is 9.88 Å². The molecular weight excluding hydrogens is 322 g/mol. The van der Waals surface area contributed by atoms with Crippen LogP contribution in [0.3, 0.4) is 0 Å². The molecule has 0 unspecified atom stereocenters. The SMILES string of the molecule is CSc1ccc(Oc2ccc(S(N)(=O)=O)cc2CO)cc1C. The molecule has 2 aromatic rings. The van der Waals surface area contributed by atoms with Crippen molar-refractivity contribution in [2.24, 2.45) is 5.14 Å². The summed E-state index contributed by atoms with van der Waals surface area (Å²) in [4.78, 5) is 1.09. The van der Waals surface area contributed by atoms with Crippen molar-refractivity contribution in [3.63, 3.8) is 0 Å². The van der Waals surface area contributed by atoms with Crippen molar-refractivity contribution in [2.45, 2.75) is 23.3 Å². The highest BCUT2D eigenvalue weighted by Gasteiger charge is 2.13. The minimum absolute atomic E-state index is 0.0576. The van der Waals surface area contributed by atoms with E-state index in [-0.39, 0.29) is 11.5 Å². The number of aliphatic hydroxyl groups is 1. The molecule has 0 saturated carbocycles. The highest BCUT2D eigenvalue weighted by atomic mass is 32.2. The van der Waals surface area contributed by atoms with E-state index in [1.807, 2.05) is 31.4 Å². The molecule has 0 amide bonds. The van der Waals surface area contributed by atoms with Crippen LogP contribution in [-0.4, -0.2) is 19.8 Å². The largest absolute Gasteiger partial charge is 0.457 e. The normalized spacial score (nSPS) is 11.5. The summed E-state index contributed by atoms with van der Waals surface area (Å²) in [7, 11) is -3.81. The van der Waals surface area contributed by atoms with Crippen molar-refractivity contribution in [3.8, 4) is 11.5 Å². The minimum atomic E-state index is -3.81. The Kier molecular flexibility index (Phi) is 5.12. The second-order valence-electron chi connectivity index (χ2n) is 4.71. The third-order valence-electron chi connectivity index (χ3n) is 3.12. The molecule has 0 aliphatic heterocycles. The Morgan fingerprint density at radius 3 is 2.50 bits per heavy atom. The first-order valence-corrected chi connectivity index (χ1v) is 9.21. The molecule has 5 nitrogen and oxygen atoms in total. The summed E-state index contributed by atoms with van der Waals surface area (Å²) in [5.41, 5.74) is 1.44. The third kappa shape index (κ3) is 3.80. The van der Waals surface area contributed by atoms with Crippen LogP contribution in [0.4, 0.5) is 0 Å². The average Bonchev–Trinajstić information content (AvgIpc) is 2.46. The van der Waals surface area contributed by atoms with Crippen molar-refractivity contribution < 1.29 is 18.3 Å². The lowest BCUT2D eigenvalue weighted by atomic mass is 10.2. The molecular formula is C15H17NO4S2. The lowest BCUT2D eigenvalue weighted by Gasteiger charge is -2.12. The number of nitrogens with two attached hydrogens (primary N) is 1. The van der Waals surface area contributed by atoms with Crippen LogP contribution in [0.15, 0.2) is 46.2 Å². The van der Waals surface area contributed by atoms with E-state index in [1.54, 1.807) is 11.8 Å². The predicted octanol–water partition coefficient (Wildman–Crippen LogP) is 2.65. The fourth-order valence-corrected chi connectivity index (χ4v) is 3.15. The molecule has 0 radical (unpaired) electrons. The number of hydrogen-bond donors (Lipinski definition) is 2. The van der Waals surface area contributed by atoms with Crippen LogP contribution in [0, 0.1) is 6.92 Å². The van der Waals surface area contributed by atoms with Crippen LogP contribution in [-0.2, 0) is 16.6 Å². The fraction of sp³-hybridized carbons (Fsp3) is 0.200. The zero-order valence-electron chi connectivity index (χ0n) is 12.2. The molecule has 0 bridgehead atoms. The van der Waals surface area contributed by atoms with E-state index in [0.717, 1.165) is 10.5 Å². The molecule has 0 saturated heterocycles. The number of ether oxygens (including phenoxy) is 1. The Labute approximate surface area is 134 Å². The van der Waals surface area contributed by atoms with E-state index in [9.17, 15) is 13.5 Å². The highest BCUT2D eigenvalue weighted by Crippen LogP contribution is 2.30. The summed E-state index contributed by atoms with van der Waals surface area (Å²) in [5.74, 6) is 1.01. The lowest BCUT2D eigenvalue weighted by Crippen LogP contribution is -2.12. The highest BCUT2D eigenvalue weighted by molar-refractivity contribution is 7.98. The molecule has 0 heterocycles. The molecule has 2 rings (SSSR count). The van der Waals surface area contributed by atoms with Crippen LogP contribution in [0.1, 0.15) is 11.1 Å². The number of rotatable bonds is 5. The molecule has 0 spiro atoms. The molecule has 0 aliphatic rings. The van der Waals surface area contributed by atoms with Crippen molar-refractivity contribution in [3.05, 3.63) is 47.5 Å². The molecule has 0 fully saturated rings. The molecule has 0 aliphatic carbocycles. The Balaban J connectivity index is 2.35. The first-order valence-electron chi connectivity index (χ1n) is 6.44. The summed E-state index contributed by atoms with van der Waals surface area (Å²) in [6.45, 7) is 1.64. The van der Waals surface area contributed by atoms with Crippen LogP contribution in [0.5, 0.6) is 11.5 Å². The van der Waals surface area contributed by atoms with Gasteiger partial charge in [0.15, 0.2) is 0 Å². The van der Waals surface area contributed by atoms with Gasteiger partial charge in [-0.3, -0.25) is 0 Å². The van der Waals surface area contributed by atoms with E-state index >= 15 is 0 Å². The van der Waals surface area contributed by atoms with E-state index in [1.165, 1.54) is 18.2 Å². The van der Waals surface area contributed by atoms with E-state index in [0.29, 0.717) is 17.1 Å². The number of aryl methyl sites for hydroxylation is 1. The van der Waals surface area contributed by atoms with Gasteiger partial charge in [-0.1, -0.05) is 0 Å². The maximum Gasteiger partial charge on any atom is 0.238 e. The van der Waals surface area contributed by atoms with Crippen molar-refractivity contribution in [1.29, 1.82) is 0 Å². The molecule has 2 aromatic carbocycles. The summed E-state index contributed by atoms with van der Waals surface area (Å²) in [5, 5.41) is 14.5. The maximum absolute atomic E-state index is 11.3. The van der Waals surface area contributed by atoms with Gasteiger partial charge in [-0.15, -0.1) is 11.8 Å². The number of aliphatic hydroxyl groups excluding tert-OH is 1. The van der Waals surface area contributed by atoms with Crippen molar-refractivity contribution in [2.75, 3.05) is 6.26 Å². The Bertz CT molecular complexity index is 788. The van der Waals surface area contributed by atoms with Crippen molar-refractivity contribution >= 4 is 21.8 Å². The first-order chi connectivity index (χ1) is 10.3. The van der Waals surface area contributed by atoms with Crippen LogP contribution in [0.2, 0.25) is 0 Å². The smallest absolute Gasteiger partial charge is 0.238 e. The second kappa shape index (κ2) is 6.70. The Morgan fingerprint density at radius 2 is 1.95 bits per heavy atom. The molecule has 0 aromatic heterocycles. The monoisotopic (exact) mass is 339 g/mol. The number of primary sulfonamides is 1. The fourth-order valence-electron chi connectivity index (χ4n) is 2.00. The number of sulfonamides is 1. The van der Waals surface area contributed by atoms with Gasteiger partial charge in [0.2, 0.25) is 10.0 Å². The number of thioether (sulfide) groups is 1. The molecule has 22 heavy (non-hydrogen) atoms. The van der Waals surface area contributed by atoms with Gasteiger partial charge in [0, 0.05) is 10.5 Å². The molecule has 7 heteroatoms. The molecule has 118 valence electrons. The number of hydrogen-bond acceptors (Lipinski definition) is 5. The lowest BCUT2D eigenvalue weighted by molar-refractivity contribution is 0.276. The zero-order chi connectivity index (χ0) is 16.3. The summed E-state index contributed by atoms with van der Waals surface area (Å²) in [6, 6.07) is 9.82. The second-order valence-corrected chi connectivity index (χ2v) is 7.12. The average molecular weight is 339 g/mol. The molecule has 3 N–H and O–H groups in total. The van der Waals surface area contributed by atoms with E-state index < -0.39 is 10.0 Å². The first kappa shape index (κ1) is 16.8. The topological polar surface area (TPSA) is 89.6 Å². The third-order valence-corrected chi connectivity index (χ3v) is 4.93. The molecule has 0 atom stereocenters. The summed E-state index contributed by atoms with van der Waals surface area (Å²) >= 11 is 1.65. The van der Waals surface area contributed by atoms with Gasteiger partial charge in [0.25, 0.3) is 0 Å². The standard InChI is InChI=1S/C15H17NO4S2/c1-10-7-12(3-6-15(10)21-2)20-14-5-4-13(22(16,18)19)8-11(14)9-17/h3-8,17H,9H2,1-2H3,(H2,16,18,19). The van der Waals surface area contributed by atoms with Gasteiger partial charge >= 0.3 is 0 Å². The Hall–Kier alpha value is -1.54. The van der Waals surface area contributed by atoms with Gasteiger partial charge in [-0.2, -0.15) is 0 Å². The minimum Gasteiger partial charge on any atom is -0.457 e. The zero-order valence-corrected chi connectivity index (χ0v) is 13.9. The Morgan fingerprint density at radius 1 is 1.23 bits per heavy atom. The van der Waals surface area contributed by atoms with Gasteiger partial charge in [0.1, 0.15) is 11.5 Å². The number of benzene rings is 2. The maximum atomic E-state index is 11.3.